The monoisotopic (exact) mass is 630 g/mol. The minimum Gasteiger partial charge on any atom is -0.506 e. The number of amides is 1. The van der Waals surface area contributed by atoms with Gasteiger partial charge in [-0.2, -0.15) is 0 Å². The Morgan fingerprint density at radius 1 is 0.889 bits per heavy atom. The summed E-state index contributed by atoms with van der Waals surface area (Å²) < 4.78 is 6.65. The fraction of sp³-hybridized carbons (Fsp3) is 0.444. The lowest BCUT2D eigenvalue weighted by atomic mass is 10.0. The van der Waals surface area contributed by atoms with Crippen LogP contribution in [0.4, 0.5) is 10.5 Å². The molecule has 1 fully saturated rings. The molecule has 1 aliphatic heterocycles. The second kappa shape index (κ2) is 17.1. The minimum absolute atomic E-state index is 0.0323. The average Bonchev–Trinajstić information content (AvgIpc) is 3.46. The zero-order chi connectivity index (χ0) is 31.3. The number of phenolic OH excluding ortho intramolecular Hbond substituents is 1. The number of thiazole rings is 1. The van der Waals surface area contributed by atoms with Crippen molar-refractivity contribution < 1.29 is 14.6 Å². The standard InChI is InChI=1S/C36H46N4O4S/c41-32-18-17-28(34-33(32)39-36(43)45-34)19-23-37-22-11-4-2-1-3-5-12-24-40-25-20-29(21-26-40)44-35(42)38-31-16-10-9-15-30(31)27-13-7-6-8-14-27/h6-10,13-18,29,37,41H,1-5,11-12,19-26H2,(H,38,42)(H,39,43). The molecular formula is C36H46N4O4S. The van der Waals surface area contributed by atoms with Crippen molar-refractivity contribution in [3.63, 3.8) is 0 Å². The number of rotatable bonds is 16. The summed E-state index contributed by atoms with van der Waals surface area (Å²) in [6.07, 6.45) is 11.0. The van der Waals surface area contributed by atoms with Crippen LogP contribution in [0.5, 0.6) is 5.75 Å². The van der Waals surface area contributed by atoms with Crippen molar-refractivity contribution in [2.45, 2.75) is 70.3 Å². The van der Waals surface area contributed by atoms with Crippen LogP contribution in [-0.4, -0.2) is 59.9 Å². The molecule has 45 heavy (non-hydrogen) atoms. The Morgan fingerprint density at radius 2 is 1.60 bits per heavy atom. The predicted molar refractivity (Wildman–Crippen MR) is 184 cm³/mol. The van der Waals surface area contributed by atoms with Gasteiger partial charge >= 0.3 is 11.0 Å². The first-order valence-corrected chi connectivity index (χ1v) is 17.3. The lowest BCUT2D eigenvalue weighted by molar-refractivity contribution is 0.0585. The first-order chi connectivity index (χ1) is 22.1. The molecule has 0 atom stereocenters. The van der Waals surface area contributed by atoms with Crippen LogP contribution in [0, 0.1) is 0 Å². The first-order valence-electron chi connectivity index (χ1n) is 16.5. The number of unbranched alkanes of at least 4 members (excludes halogenated alkanes) is 6. The van der Waals surface area contributed by atoms with E-state index in [1.807, 2.05) is 60.7 Å². The summed E-state index contributed by atoms with van der Waals surface area (Å²) in [4.78, 5) is 29.4. The molecule has 5 rings (SSSR count). The van der Waals surface area contributed by atoms with Gasteiger partial charge in [0.25, 0.3) is 0 Å². The Morgan fingerprint density at radius 3 is 2.40 bits per heavy atom. The number of aromatic hydroxyl groups is 1. The molecule has 8 nitrogen and oxygen atoms in total. The number of fused-ring (bicyclic) bond motifs is 1. The van der Waals surface area contributed by atoms with Gasteiger partial charge in [-0.05, 0) is 75.0 Å². The molecular weight excluding hydrogens is 584 g/mol. The van der Waals surface area contributed by atoms with Gasteiger partial charge in [0.05, 0.1) is 10.4 Å². The number of phenols is 1. The molecule has 3 aromatic carbocycles. The highest BCUT2D eigenvalue weighted by Gasteiger charge is 2.22. The smallest absolute Gasteiger partial charge is 0.411 e. The third kappa shape index (κ3) is 9.91. The van der Waals surface area contributed by atoms with Crippen molar-refractivity contribution in [1.29, 1.82) is 0 Å². The van der Waals surface area contributed by atoms with Gasteiger partial charge < -0.3 is 25.0 Å². The number of benzene rings is 3. The van der Waals surface area contributed by atoms with Crippen molar-refractivity contribution in [3.8, 4) is 16.9 Å². The maximum absolute atomic E-state index is 12.7. The summed E-state index contributed by atoms with van der Waals surface area (Å²) in [5.74, 6) is 0.135. The number of aromatic amines is 1. The van der Waals surface area contributed by atoms with Crippen LogP contribution in [0.2, 0.25) is 0 Å². The molecule has 0 saturated carbocycles. The number of ether oxygens (including phenoxy) is 1. The Hall–Kier alpha value is -3.66. The molecule has 2 heterocycles. The number of likely N-dealkylation sites (tertiary alicyclic amines) is 1. The van der Waals surface area contributed by atoms with Crippen LogP contribution >= 0.6 is 11.3 Å². The molecule has 0 bridgehead atoms. The number of aromatic nitrogens is 1. The number of hydrogen-bond acceptors (Lipinski definition) is 7. The molecule has 1 amide bonds. The van der Waals surface area contributed by atoms with E-state index in [9.17, 15) is 14.7 Å². The number of carbonyl (C=O) groups excluding carboxylic acids is 1. The third-order valence-electron chi connectivity index (χ3n) is 8.59. The second-order valence-corrected chi connectivity index (χ2v) is 12.9. The van der Waals surface area contributed by atoms with Crippen molar-refractivity contribution in [3.05, 3.63) is 82.0 Å². The van der Waals surface area contributed by atoms with Gasteiger partial charge in [0.2, 0.25) is 0 Å². The summed E-state index contributed by atoms with van der Waals surface area (Å²) in [5, 5.41) is 16.4. The maximum Gasteiger partial charge on any atom is 0.411 e. The van der Waals surface area contributed by atoms with Crippen LogP contribution < -0.4 is 15.5 Å². The van der Waals surface area contributed by atoms with Gasteiger partial charge in [0, 0.05) is 18.7 Å². The molecule has 1 saturated heterocycles. The lowest BCUT2D eigenvalue weighted by Gasteiger charge is -2.31. The number of anilines is 1. The van der Waals surface area contributed by atoms with Gasteiger partial charge in [-0.3, -0.25) is 10.1 Å². The zero-order valence-electron chi connectivity index (χ0n) is 26.1. The molecule has 1 aliphatic rings. The molecule has 9 heteroatoms. The van der Waals surface area contributed by atoms with Crippen molar-refractivity contribution in [2.24, 2.45) is 0 Å². The number of H-pyrrole nitrogens is 1. The number of piperidine rings is 1. The highest BCUT2D eigenvalue weighted by atomic mass is 32.1. The summed E-state index contributed by atoms with van der Waals surface area (Å²) >= 11 is 1.17. The van der Waals surface area contributed by atoms with Gasteiger partial charge in [0.15, 0.2) is 0 Å². The number of nitrogens with one attached hydrogen (secondary N) is 3. The van der Waals surface area contributed by atoms with Crippen molar-refractivity contribution >= 4 is 33.3 Å². The highest BCUT2D eigenvalue weighted by Crippen LogP contribution is 2.29. The Labute approximate surface area is 269 Å². The number of hydrogen-bond donors (Lipinski definition) is 4. The average molecular weight is 631 g/mol. The van der Waals surface area contributed by atoms with Crippen molar-refractivity contribution in [1.82, 2.24) is 15.2 Å². The first kappa shape index (κ1) is 32.7. The normalized spacial score (nSPS) is 14.1. The molecule has 0 unspecified atom stereocenters. The van der Waals surface area contributed by atoms with Crippen molar-refractivity contribution in [2.75, 3.05) is 38.0 Å². The number of para-hydroxylation sites is 1. The largest absolute Gasteiger partial charge is 0.506 e. The van der Waals surface area contributed by atoms with E-state index in [1.54, 1.807) is 6.07 Å². The molecule has 0 spiro atoms. The summed E-state index contributed by atoms with van der Waals surface area (Å²) in [7, 11) is 0. The summed E-state index contributed by atoms with van der Waals surface area (Å²) in [6.45, 7) is 4.96. The molecule has 4 aromatic rings. The van der Waals surface area contributed by atoms with Gasteiger partial charge in [-0.15, -0.1) is 0 Å². The Bertz CT molecular complexity index is 1550. The number of nitrogens with zero attached hydrogens (tertiary/aromatic N) is 1. The van der Waals surface area contributed by atoms with E-state index in [-0.39, 0.29) is 22.8 Å². The Balaban J connectivity index is 0.859. The second-order valence-electron chi connectivity index (χ2n) is 11.9. The van der Waals surface area contributed by atoms with E-state index in [1.165, 1.54) is 56.3 Å². The van der Waals surface area contributed by atoms with Crippen LogP contribution in [0.3, 0.4) is 0 Å². The molecule has 0 aliphatic carbocycles. The SMILES string of the molecule is O=C(Nc1ccccc1-c1ccccc1)OC1CCN(CCCCCCCCCNCCc2ccc(O)c3[nH]c(=O)sc23)CC1. The quantitative estimate of drug-likeness (QED) is 0.0954. The number of carbonyl (C=O) groups is 1. The summed E-state index contributed by atoms with van der Waals surface area (Å²) in [6, 6.07) is 21.5. The molecule has 1 aromatic heterocycles. The van der Waals surface area contributed by atoms with E-state index >= 15 is 0 Å². The van der Waals surface area contributed by atoms with Gasteiger partial charge in [0.1, 0.15) is 17.4 Å². The van der Waals surface area contributed by atoms with Gasteiger partial charge in [-0.1, -0.05) is 98.0 Å². The van der Waals surface area contributed by atoms with E-state index in [0.717, 1.165) is 79.1 Å². The zero-order valence-corrected chi connectivity index (χ0v) is 26.9. The lowest BCUT2D eigenvalue weighted by Crippen LogP contribution is -2.38. The fourth-order valence-electron chi connectivity index (χ4n) is 6.09. The molecule has 4 N–H and O–H groups in total. The van der Waals surface area contributed by atoms with E-state index in [2.05, 4.69) is 20.5 Å². The minimum atomic E-state index is -0.375. The predicted octanol–water partition coefficient (Wildman–Crippen LogP) is 7.54. The summed E-state index contributed by atoms with van der Waals surface area (Å²) in [5.41, 5.74) is 4.47. The van der Waals surface area contributed by atoms with Crippen LogP contribution in [0.25, 0.3) is 21.3 Å². The fourth-order valence-corrected chi connectivity index (χ4v) is 6.99. The van der Waals surface area contributed by atoms with Gasteiger partial charge in [-0.25, -0.2) is 4.79 Å². The van der Waals surface area contributed by atoms with E-state index < -0.39 is 0 Å². The van der Waals surface area contributed by atoms with Crippen LogP contribution in [0.1, 0.15) is 63.4 Å². The molecule has 0 radical (unpaired) electrons. The Kier molecular flexibility index (Phi) is 12.5. The van der Waals surface area contributed by atoms with Crippen LogP contribution in [0.15, 0.2) is 71.5 Å². The topological polar surface area (TPSA) is 107 Å². The highest BCUT2D eigenvalue weighted by molar-refractivity contribution is 7.16. The maximum atomic E-state index is 12.7. The third-order valence-corrected chi connectivity index (χ3v) is 9.55. The van der Waals surface area contributed by atoms with E-state index in [4.69, 9.17) is 4.74 Å². The van der Waals surface area contributed by atoms with Crippen LogP contribution in [-0.2, 0) is 11.2 Å². The van der Waals surface area contributed by atoms with E-state index in [0.29, 0.717) is 5.52 Å². The molecule has 240 valence electrons.